The van der Waals surface area contributed by atoms with E-state index in [-0.39, 0.29) is 28.6 Å². The van der Waals surface area contributed by atoms with Gasteiger partial charge in [0, 0.05) is 5.69 Å². The molecule has 1 heterocycles. The minimum Gasteiger partial charge on any atom is -0.481 e. The zero-order valence-corrected chi connectivity index (χ0v) is 15.5. The highest BCUT2D eigenvalue weighted by Gasteiger charge is 2.25. The fourth-order valence-corrected chi connectivity index (χ4v) is 3.42. The number of carboxylic acid groups (broad SMARTS) is 1. The van der Waals surface area contributed by atoms with Crippen molar-refractivity contribution in [2.45, 2.75) is 26.7 Å². The average molecular weight is 389 g/mol. The second-order valence-electron chi connectivity index (χ2n) is 6.11. The molecule has 0 radical (unpaired) electrons. The normalized spacial score (nSPS) is 10.9. The number of nitro benzene ring substituents is 1. The number of fused-ring (bicyclic) bond motifs is 1. The number of rotatable bonds is 6. The van der Waals surface area contributed by atoms with Crippen LogP contribution in [0.4, 0.5) is 5.69 Å². The third-order valence-corrected chi connectivity index (χ3v) is 4.62. The third kappa shape index (κ3) is 3.59. The lowest BCUT2D eigenvalue weighted by atomic mass is 10.1. The van der Waals surface area contributed by atoms with Gasteiger partial charge in [-0.3, -0.25) is 14.9 Å². The number of nitrogens with one attached hydrogen (secondary N) is 1. The molecule has 2 N–H and O–H groups in total. The van der Waals surface area contributed by atoms with E-state index in [0.717, 1.165) is 11.3 Å². The van der Waals surface area contributed by atoms with Gasteiger partial charge in [0.15, 0.2) is 0 Å². The van der Waals surface area contributed by atoms with Crippen molar-refractivity contribution in [2.75, 3.05) is 0 Å². The maximum Gasteiger partial charge on any atom is 0.321 e. The molecule has 140 valence electrons. The number of hydrogen-bond acceptors (Lipinski definition) is 4. The van der Waals surface area contributed by atoms with Gasteiger partial charge in [-0.25, -0.2) is 0 Å². The van der Waals surface area contributed by atoms with Gasteiger partial charge in [0.05, 0.1) is 27.3 Å². The van der Waals surface area contributed by atoms with Gasteiger partial charge in [-0.2, -0.15) is 0 Å². The molecule has 3 aromatic rings. The molecule has 1 aromatic heterocycles. The molecule has 7 nitrogen and oxygen atoms in total. The van der Waals surface area contributed by atoms with Crippen LogP contribution in [0.5, 0.6) is 11.5 Å². The molecule has 0 aliphatic heterocycles. The summed E-state index contributed by atoms with van der Waals surface area (Å²) in [6.45, 7) is 3.81. The first-order valence-electron chi connectivity index (χ1n) is 8.28. The summed E-state index contributed by atoms with van der Waals surface area (Å²) in [5, 5.41) is 21.3. The first kappa shape index (κ1) is 18.7. The predicted octanol–water partition coefficient (Wildman–Crippen LogP) is 5.02. The maximum absolute atomic E-state index is 11.8. The molecular formula is C19H17ClN2O5. The first-order chi connectivity index (χ1) is 12.8. The largest absolute Gasteiger partial charge is 0.481 e. The number of aromatic nitrogens is 1. The molecule has 0 bridgehead atoms. The highest BCUT2D eigenvalue weighted by Crippen LogP contribution is 2.41. The molecule has 8 heteroatoms. The van der Waals surface area contributed by atoms with Crippen molar-refractivity contribution in [3.05, 3.63) is 62.3 Å². The molecule has 3 rings (SSSR count). The van der Waals surface area contributed by atoms with E-state index >= 15 is 0 Å². The molecule has 0 fully saturated rings. The van der Waals surface area contributed by atoms with Crippen LogP contribution < -0.4 is 4.74 Å². The van der Waals surface area contributed by atoms with E-state index in [1.807, 2.05) is 13.8 Å². The predicted molar refractivity (Wildman–Crippen MR) is 102 cm³/mol. The Morgan fingerprint density at radius 1 is 1.30 bits per heavy atom. The summed E-state index contributed by atoms with van der Waals surface area (Å²) < 4.78 is 5.74. The zero-order chi connectivity index (χ0) is 19.7. The van der Waals surface area contributed by atoms with E-state index in [1.54, 1.807) is 12.1 Å². The number of H-pyrrole nitrogens is 1. The SMILES string of the molecule is CCc1c(C)[nH]c2ccc(Oc3ccc(CC(=O)O)cc3Cl)c([N+](=O)[O-])c12. The van der Waals surface area contributed by atoms with E-state index in [9.17, 15) is 14.9 Å². The Balaban J connectivity index is 2.08. The standard InChI is InChI=1S/C19H17ClN2O5/c1-3-12-10(2)21-14-5-7-16(19(18(12)14)22(25)26)27-15-6-4-11(8-13(15)20)9-17(23)24/h4-8,21H,3,9H2,1-2H3,(H,23,24). The second-order valence-corrected chi connectivity index (χ2v) is 6.52. The Bertz CT molecular complexity index is 1060. The van der Waals surface area contributed by atoms with Gasteiger partial charge in [-0.15, -0.1) is 0 Å². The van der Waals surface area contributed by atoms with Crippen molar-refractivity contribution in [1.29, 1.82) is 0 Å². The number of aromatic amines is 1. The molecule has 27 heavy (non-hydrogen) atoms. The molecule has 0 unspecified atom stereocenters. The van der Waals surface area contributed by atoms with E-state index in [1.165, 1.54) is 18.2 Å². The highest BCUT2D eigenvalue weighted by atomic mass is 35.5. The van der Waals surface area contributed by atoms with Gasteiger partial charge in [-0.05, 0) is 48.7 Å². The fraction of sp³-hybridized carbons (Fsp3) is 0.211. The number of nitro groups is 1. The number of ether oxygens (including phenoxy) is 1. The van der Waals surface area contributed by atoms with Gasteiger partial charge >= 0.3 is 11.7 Å². The monoisotopic (exact) mass is 388 g/mol. The summed E-state index contributed by atoms with van der Waals surface area (Å²) in [7, 11) is 0. The van der Waals surface area contributed by atoms with Gasteiger partial charge in [0.25, 0.3) is 0 Å². The molecule has 0 aliphatic rings. The van der Waals surface area contributed by atoms with Crippen LogP contribution in [-0.4, -0.2) is 21.0 Å². The minimum absolute atomic E-state index is 0.0779. The summed E-state index contributed by atoms with van der Waals surface area (Å²) in [5.74, 6) is -0.677. The molecule has 0 saturated heterocycles. The molecule has 0 saturated carbocycles. The maximum atomic E-state index is 11.8. The molecule has 2 aromatic carbocycles. The summed E-state index contributed by atoms with van der Waals surface area (Å²) in [6, 6.07) is 7.82. The van der Waals surface area contributed by atoms with Crippen LogP contribution in [0.25, 0.3) is 10.9 Å². The summed E-state index contributed by atoms with van der Waals surface area (Å²) >= 11 is 6.18. The van der Waals surface area contributed by atoms with Gasteiger partial charge < -0.3 is 14.8 Å². The zero-order valence-electron chi connectivity index (χ0n) is 14.7. The van der Waals surface area contributed by atoms with Gasteiger partial charge in [-0.1, -0.05) is 24.6 Å². The quantitative estimate of drug-likeness (QED) is 0.455. The summed E-state index contributed by atoms with van der Waals surface area (Å²) in [6.07, 6.45) is 0.468. The smallest absolute Gasteiger partial charge is 0.321 e. The lowest BCUT2D eigenvalue weighted by molar-refractivity contribution is -0.383. The van der Waals surface area contributed by atoms with Crippen LogP contribution in [-0.2, 0) is 17.6 Å². The Morgan fingerprint density at radius 3 is 2.59 bits per heavy atom. The molecular weight excluding hydrogens is 372 g/mol. The number of carbonyl (C=O) groups is 1. The van der Waals surface area contributed by atoms with E-state index in [0.29, 0.717) is 22.9 Å². The van der Waals surface area contributed by atoms with Crippen molar-refractivity contribution in [3.8, 4) is 11.5 Å². The van der Waals surface area contributed by atoms with E-state index in [2.05, 4.69) is 4.98 Å². The van der Waals surface area contributed by atoms with Gasteiger partial charge in [0.2, 0.25) is 5.75 Å². The number of aryl methyl sites for hydroxylation is 2. The van der Waals surface area contributed by atoms with Crippen LogP contribution >= 0.6 is 11.6 Å². The number of halogens is 1. The van der Waals surface area contributed by atoms with Crippen molar-refractivity contribution in [1.82, 2.24) is 4.98 Å². The third-order valence-electron chi connectivity index (χ3n) is 4.33. The lowest BCUT2D eigenvalue weighted by Gasteiger charge is -2.10. The Labute approximate surface area is 159 Å². The molecule has 0 spiro atoms. The molecule has 0 aliphatic carbocycles. The Kier molecular flexibility index (Phi) is 5.05. The van der Waals surface area contributed by atoms with Crippen molar-refractivity contribution >= 4 is 34.2 Å². The van der Waals surface area contributed by atoms with Gasteiger partial charge in [0.1, 0.15) is 5.75 Å². The fourth-order valence-electron chi connectivity index (χ4n) is 3.18. The summed E-state index contributed by atoms with van der Waals surface area (Å²) in [5.41, 5.74) is 2.80. The Hall–Kier alpha value is -3.06. The molecule has 0 atom stereocenters. The van der Waals surface area contributed by atoms with Crippen LogP contribution in [0.15, 0.2) is 30.3 Å². The van der Waals surface area contributed by atoms with Crippen molar-refractivity contribution in [2.24, 2.45) is 0 Å². The number of carboxylic acids is 1. The Morgan fingerprint density at radius 2 is 2.00 bits per heavy atom. The highest BCUT2D eigenvalue weighted by molar-refractivity contribution is 6.32. The van der Waals surface area contributed by atoms with E-state index < -0.39 is 10.9 Å². The molecule has 0 amide bonds. The number of aliphatic carboxylic acids is 1. The number of nitrogens with zero attached hydrogens (tertiary/aromatic N) is 1. The van der Waals surface area contributed by atoms with Crippen LogP contribution in [0.3, 0.4) is 0 Å². The summed E-state index contributed by atoms with van der Waals surface area (Å²) in [4.78, 5) is 25.3. The van der Waals surface area contributed by atoms with Crippen LogP contribution in [0.2, 0.25) is 5.02 Å². The van der Waals surface area contributed by atoms with Crippen molar-refractivity contribution in [3.63, 3.8) is 0 Å². The average Bonchev–Trinajstić information content (AvgIpc) is 2.91. The first-order valence-corrected chi connectivity index (χ1v) is 8.66. The topological polar surface area (TPSA) is 105 Å². The second kappa shape index (κ2) is 7.28. The van der Waals surface area contributed by atoms with Crippen molar-refractivity contribution < 1.29 is 19.6 Å². The number of hydrogen-bond donors (Lipinski definition) is 2. The minimum atomic E-state index is -0.976. The number of benzene rings is 2. The van der Waals surface area contributed by atoms with Crippen LogP contribution in [0, 0.1) is 17.0 Å². The van der Waals surface area contributed by atoms with E-state index in [4.69, 9.17) is 21.4 Å². The lowest BCUT2D eigenvalue weighted by Crippen LogP contribution is -2.00. The van der Waals surface area contributed by atoms with Crippen LogP contribution in [0.1, 0.15) is 23.7 Å².